The molecule has 0 aliphatic heterocycles. The van der Waals surface area contributed by atoms with Crippen molar-refractivity contribution >= 4 is 23.4 Å². The van der Waals surface area contributed by atoms with Crippen LogP contribution in [0.2, 0.25) is 0 Å². The molecule has 1 heterocycles. The fraction of sp³-hybridized carbons (Fsp3) is 0.583. The lowest BCUT2D eigenvalue weighted by Crippen LogP contribution is -2.29. The van der Waals surface area contributed by atoms with Gasteiger partial charge in [0.05, 0.1) is 12.5 Å². The second-order valence-corrected chi connectivity index (χ2v) is 4.72. The molecular weight excluding hydrogens is 246 g/mol. The standard InChI is InChI=1S/C12H19N5S/c1-5-14-10-8-11(16-12(15-10)18-4)17(3)9(2)6-7-13/h8-9H,5-6H2,1-4H3,(H,14,15,16). The molecule has 0 spiro atoms. The van der Waals surface area contributed by atoms with Crippen LogP contribution in [-0.4, -0.2) is 35.9 Å². The third kappa shape index (κ3) is 3.77. The molecule has 5 nitrogen and oxygen atoms in total. The number of thioether (sulfide) groups is 1. The second kappa shape index (κ2) is 7.07. The Morgan fingerprint density at radius 2 is 2.28 bits per heavy atom. The minimum absolute atomic E-state index is 0.133. The van der Waals surface area contributed by atoms with E-state index >= 15 is 0 Å². The van der Waals surface area contributed by atoms with Gasteiger partial charge >= 0.3 is 0 Å². The molecule has 0 saturated heterocycles. The van der Waals surface area contributed by atoms with Crippen LogP contribution in [0.5, 0.6) is 0 Å². The van der Waals surface area contributed by atoms with Gasteiger partial charge in [-0.25, -0.2) is 9.97 Å². The van der Waals surface area contributed by atoms with Gasteiger partial charge in [0.2, 0.25) is 0 Å². The molecule has 1 atom stereocenters. The fourth-order valence-corrected chi connectivity index (χ4v) is 1.83. The molecule has 1 aromatic rings. The van der Waals surface area contributed by atoms with Crippen LogP contribution in [-0.2, 0) is 0 Å². The summed E-state index contributed by atoms with van der Waals surface area (Å²) in [6.07, 6.45) is 2.43. The Balaban J connectivity index is 2.99. The molecule has 1 unspecified atom stereocenters. The van der Waals surface area contributed by atoms with Crippen LogP contribution >= 0.6 is 11.8 Å². The third-order valence-corrected chi connectivity index (χ3v) is 3.19. The number of hydrogen-bond donors (Lipinski definition) is 1. The van der Waals surface area contributed by atoms with E-state index in [2.05, 4.69) is 21.4 Å². The molecule has 1 aromatic heterocycles. The van der Waals surface area contributed by atoms with Gasteiger partial charge in [-0.15, -0.1) is 0 Å². The van der Waals surface area contributed by atoms with Crippen molar-refractivity contribution in [1.82, 2.24) is 9.97 Å². The average molecular weight is 265 g/mol. The Morgan fingerprint density at radius 3 is 2.83 bits per heavy atom. The molecule has 0 aliphatic rings. The predicted molar refractivity (Wildman–Crippen MR) is 76.1 cm³/mol. The SMILES string of the molecule is CCNc1cc(N(C)C(C)CC#N)nc(SC)n1. The maximum Gasteiger partial charge on any atom is 0.191 e. The summed E-state index contributed by atoms with van der Waals surface area (Å²) in [4.78, 5) is 10.8. The highest BCUT2D eigenvalue weighted by Gasteiger charge is 2.13. The largest absolute Gasteiger partial charge is 0.370 e. The minimum atomic E-state index is 0.133. The van der Waals surface area contributed by atoms with E-state index in [-0.39, 0.29) is 6.04 Å². The predicted octanol–water partition coefficient (Wildman–Crippen LogP) is 2.37. The average Bonchev–Trinajstić information content (AvgIpc) is 2.38. The molecule has 1 N–H and O–H groups in total. The molecule has 18 heavy (non-hydrogen) atoms. The molecule has 98 valence electrons. The summed E-state index contributed by atoms with van der Waals surface area (Å²) in [5, 5.41) is 12.7. The van der Waals surface area contributed by atoms with Gasteiger partial charge in [-0.3, -0.25) is 0 Å². The van der Waals surface area contributed by atoms with Crippen molar-refractivity contribution in [1.29, 1.82) is 5.26 Å². The first-order valence-electron chi connectivity index (χ1n) is 5.89. The lowest BCUT2D eigenvalue weighted by atomic mass is 10.2. The van der Waals surface area contributed by atoms with Crippen LogP contribution in [0.3, 0.4) is 0 Å². The van der Waals surface area contributed by atoms with E-state index in [9.17, 15) is 0 Å². The zero-order chi connectivity index (χ0) is 13.5. The van der Waals surface area contributed by atoms with E-state index in [0.717, 1.165) is 23.3 Å². The second-order valence-electron chi connectivity index (χ2n) is 3.95. The van der Waals surface area contributed by atoms with Gasteiger partial charge in [0.1, 0.15) is 11.6 Å². The Labute approximate surface area is 113 Å². The normalized spacial score (nSPS) is 11.7. The third-order valence-electron chi connectivity index (χ3n) is 2.64. The lowest BCUT2D eigenvalue weighted by Gasteiger charge is -2.24. The summed E-state index contributed by atoms with van der Waals surface area (Å²) in [5.41, 5.74) is 0. The highest BCUT2D eigenvalue weighted by Crippen LogP contribution is 2.21. The molecule has 0 saturated carbocycles. The maximum absolute atomic E-state index is 8.75. The molecule has 0 amide bonds. The van der Waals surface area contributed by atoms with Gasteiger partial charge in [0.25, 0.3) is 0 Å². The van der Waals surface area contributed by atoms with Gasteiger partial charge < -0.3 is 10.2 Å². The van der Waals surface area contributed by atoms with E-state index in [1.165, 1.54) is 11.8 Å². The molecule has 0 fully saturated rings. The molecule has 0 radical (unpaired) electrons. The van der Waals surface area contributed by atoms with Crippen molar-refractivity contribution in [2.24, 2.45) is 0 Å². The number of nitrogens with zero attached hydrogens (tertiary/aromatic N) is 4. The molecule has 0 bridgehead atoms. The van der Waals surface area contributed by atoms with Crippen LogP contribution in [0.4, 0.5) is 11.6 Å². The maximum atomic E-state index is 8.75. The molecular formula is C12H19N5S. The highest BCUT2D eigenvalue weighted by molar-refractivity contribution is 7.98. The van der Waals surface area contributed by atoms with Gasteiger partial charge in [-0.1, -0.05) is 11.8 Å². The molecule has 0 aliphatic carbocycles. The van der Waals surface area contributed by atoms with Crippen LogP contribution in [0.15, 0.2) is 11.2 Å². The van der Waals surface area contributed by atoms with Crippen molar-refractivity contribution in [3.8, 4) is 6.07 Å². The fourth-order valence-electron chi connectivity index (χ4n) is 1.45. The van der Waals surface area contributed by atoms with Gasteiger partial charge in [0, 0.05) is 25.7 Å². The van der Waals surface area contributed by atoms with E-state index in [4.69, 9.17) is 5.26 Å². The first-order valence-corrected chi connectivity index (χ1v) is 7.11. The summed E-state index contributed by atoms with van der Waals surface area (Å²) in [7, 11) is 1.95. The summed E-state index contributed by atoms with van der Waals surface area (Å²) in [6, 6.07) is 4.23. The number of aromatic nitrogens is 2. The smallest absolute Gasteiger partial charge is 0.191 e. The van der Waals surface area contributed by atoms with E-state index in [1.807, 2.05) is 38.1 Å². The number of hydrogen-bond acceptors (Lipinski definition) is 6. The van der Waals surface area contributed by atoms with Crippen LogP contribution in [0, 0.1) is 11.3 Å². The quantitative estimate of drug-likeness (QED) is 0.629. The van der Waals surface area contributed by atoms with Crippen molar-refractivity contribution in [3.05, 3.63) is 6.07 Å². The number of anilines is 2. The molecule has 1 rings (SSSR count). The number of nitrogens with one attached hydrogen (secondary N) is 1. The van der Waals surface area contributed by atoms with E-state index < -0.39 is 0 Å². The van der Waals surface area contributed by atoms with Crippen LogP contribution in [0.25, 0.3) is 0 Å². The Hall–Kier alpha value is -1.48. The first kappa shape index (κ1) is 14.6. The summed E-state index contributed by atoms with van der Waals surface area (Å²) >= 11 is 1.51. The van der Waals surface area contributed by atoms with Gasteiger partial charge in [-0.2, -0.15) is 5.26 Å². The molecule has 0 aromatic carbocycles. The Bertz CT molecular complexity index is 429. The monoisotopic (exact) mass is 265 g/mol. The number of rotatable bonds is 6. The van der Waals surface area contributed by atoms with Crippen molar-refractivity contribution in [2.45, 2.75) is 31.5 Å². The van der Waals surface area contributed by atoms with E-state index in [0.29, 0.717) is 6.42 Å². The topological polar surface area (TPSA) is 64.8 Å². The minimum Gasteiger partial charge on any atom is -0.370 e. The van der Waals surface area contributed by atoms with Crippen molar-refractivity contribution < 1.29 is 0 Å². The van der Waals surface area contributed by atoms with Gasteiger partial charge in [0.15, 0.2) is 5.16 Å². The first-order chi connectivity index (χ1) is 8.62. The van der Waals surface area contributed by atoms with Crippen molar-refractivity contribution in [3.63, 3.8) is 0 Å². The lowest BCUT2D eigenvalue weighted by molar-refractivity contribution is 0.687. The van der Waals surface area contributed by atoms with Crippen LogP contribution < -0.4 is 10.2 Å². The van der Waals surface area contributed by atoms with Crippen molar-refractivity contribution in [2.75, 3.05) is 30.1 Å². The Morgan fingerprint density at radius 1 is 1.56 bits per heavy atom. The number of nitriles is 1. The summed E-state index contributed by atoms with van der Waals surface area (Å²) < 4.78 is 0. The zero-order valence-electron chi connectivity index (χ0n) is 11.3. The Kier molecular flexibility index (Phi) is 5.72. The zero-order valence-corrected chi connectivity index (χ0v) is 12.1. The summed E-state index contributed by atoms with van der Waals surface area (Å²) in [5.74, 6) is 1.66. The highest BCUT2D eigenvalue weighted by atomic mass is 32.2. The molecule has 6 heteroatoms. The van der Waals surface area contributed by atoms with E-state index in [1.54, 1.807) is 0 Å². The van der Waals surface area contributed by atoms with Crippen LogP contribution in [0.1, 0.15) is 20.3 Å². The summed E-state index contributed by atoms with van der Waals surface area (Å²) in [6.45, 7) is 4.86. The van der Waals surface area contributed by atoms with Gasteiger partial charge in [-0.05, 0) is 20.1 Å².